The number of fused-ring (bicyclic) bond motifs is 2. The van der Waals surface area contributed by atoms with Gasteiger partial charge in [0, 0.05) is 18.6 Å². The first-order valence-corrected chi connectivity index (χ1v) is 12.9. The first kappa shape index (κ1) is 25.5. The summed E-state index contributed by atoms with van der Waals surface area (Å²) in [6, 6.07) is 15.4. The molecule has 0 aliphatic heterocycles. The predicted molar refractivity (Wildman–Crippen MR) is 144 cm³/mol. The highest BCUT2D eigenvalue weighted by Crippen LogP contribution is 2.37. The van der Waals surface area contributed by atoms with Gasteiger partial charge < -0.3 is 18.6 Å². The van der Waals surface area contributed by atoms with Crippen molar-refractivity contribution in [1.82, 2.24) is 14.6 Å². The average Bonchev–Trinajstić information content (AvgIpc) is 3.66. The molecule has 0 bridgehead atoms. The minimum absolute atomic E-state index is 0.0778. The standard InChI is InChI=1S/C29H21F2N3O5S/c1-36-19-11-25(21-13-27(39-26(21)12-19)23-14-34-28(32-23)40-29(33-34)37-2)38-15-17-5-3-4-16(8-17)9-24(35)20-10-18(30)6-7-22(20)31/h3-8,10-14H,9,15H2,1-2H3. The Morgan fingerprint density at radius 3 is 2.67 bits per heavy atom. The van der Waals surface area contributed by atoms with Crippen LogP contribution in [0, 0.1) is 11.6 Å². The van der Waals surface area contributed by atoms with E-state index in [4.69, 9.17) is 18.6 Å². The molecule has 40 heavy (non-hydrogen) atoms. The van der Waals surface area contributed by atoms with Crippen molar-refractivity contribution in [2.45, 2.75) is 13.0 Å². The lowest BCUT2D eigenvalue weighted by Crippen LogP contribution is -2.07. The van der Waals surface area contributed by atoms with Crippen molar-refractivity contribution in [3.05, 3.63) is 95.2 Å². The van der Waals surface area contributed by atoms with Crippen LogP contribution in [-0.4, -0.2) is 34.6 Å². The molecule has 0 saturated heterocycles. The lowest BCUT2D eigenvalue weighted by Gasteiger charge is -2.10. The largest absolute Gasteiger partial charge is 0.496 e. The van der Waals surface area contributed by atoms with Gasteiger partial charge in [-0.3, -0.25) is 4.79 Å². The third kappa shape index (κ3) is 4.98. The van der Waals surface area contributed by atoms with E-state index in [1.807, 2.05) is 12.1 Å². The maximum atomic E-state index is 14.0. The number of carbonyl (C=O) groups is 1. The van der Waals surface area contributed by atoms with Crippen LogP contribution in [0.4, 0.5) is 8.78 Å². The molecule has 202 valence electrons. The Bertz CT molecular complexity index is 1850. The molecule has 0 N–H and O–H groups in total. The summed E-state index contributed by atoms with van der Waals surface area (Å²) in [4.78, 5) is 17.9. The van der Waals surface area contributed by atoms with Crippen molar-refractivity contribution in [3.8, 4) is 28.1 Å². The zero-order chi connectivity index (χ0) is 27.8. The van der Waals surface area contributed by atoms with Crippen molar-refractivity contribution in [2.75, 3.05) is 14.2 Å². The zero-order valence-electron chi connectivity index (χ0n) is 21.3. The van der Waals surface area contributed by atoms with Gasteiger partial charge in [-0.25, -0.2) is 18.3 Å². The second kappa shape index (κ2) is 10.4. The first-order chi connectivity index (χ1) is 19.4. The summed E-state index contributed by atoms with van der Waals surface area (Å²) in [5.74, 6) is -0.300. The van der Waals surface area contributed by atoms with Crippen LogP contribution in [0.1, 0.15) is 21.5 Å². The van der Waals surface area contributed by atoms with Crippen LogP contribution in [0.25, 0.3) is 27.4 Å². The van der Waals surface area contributed by atoms with E-state index in [0.29, 0.717) is 44.3 Å². The Kier molecular flexibility index (Phi) is 6.64. The van der Waals surface area contributed by atoms with E-state index in [1.54, 1.807) is 55.3 Å². The normalized spacial score (nSPS) is 11.3. The molecular weight excluding hydrogens is 540 g/mol. The molecule has 0 fully saturated rings. The van der Waals surface area contributed by atoms with Crippen LogP contribution in [-0.2, 0) is 13.0 Å². The molecular formula is C29H21F2N3O5S. The number of hydrogen-bond donors (Lipinski definition) is 0. The third-order valence-electron chi connectivity index (χ3n) is 6.24. The maximum absolute atomic E-state index is 14.0. The number of halogens is 2. The van der Waals surface area contributed by atoms with E-state index in [9.17, 15) is 13.6 Å². The number of ether oxygens (including phenoxy) is 3. The van der Waals surface area contributed by atoms with E-state index >= 15 is 0 Å². The smallest absolute Gasteiger partial charge is 0.294 e. The summed E-state index contributed by atoms with van der Waals surface area (Å²) in [5.41, 5.74) is 2.33. The van der Waals surface area contributed by atoms with E-state index in [-0.39, 0.29) is 18.6 Å². The van der Waals surface area contributed by atoms with Crippen LogP contribution < -0.4 is 14.2 Å². The predicted octanol–water partition coefficient (Wildman–Crippen LogP) is 6.50. The van der Waals surface area contributed by atoms with Crippen molar-refractivity contribution >= 4 is 33.1 Å². The Morgan fingerprint density at radius 1 is 1.02 bits per heavy atom. The molecule has 3 aromatic carbocycles. The van der Waals surface area contributed by atoms with Crippen molar-refractivity contribution < 1.29 is 32.2 Å². The van der Waals surface area contributed by atoms with E-state index in [1.165, 1.54) is 11.3 Å². The highest BCUT2D eigenvalue weighted by Gasteiger charge is 2.18. The second-order valence-electron chi connectivity index (χ2n) is 8.91. The summed E-state index contributed by atoms with van der Waals surface area (Å²) in [6.07, 6.45) is 1.68. The lowest BCUT2D eigenvalue weighted by molar-refractivity contribution is 0.0988. The molecule has 6 rings (SSSR count). The van der Waals surface area contributed by atoms with Gasteiger partial charge in [-0.1, -0.05) is 24.3 Å². The van der Waals surface area contributed by atoms with E-state index in [2.05, 4.69) is 10.1 Å². The number of imidazole rings is 1. The van der Waals surface area contributed by atoms with Crippen LogP contribution in [0.15, 0.2) is 71.3 Å². The molecule has 3 heterocycles. The lowest BCUT2D eigenvalue weighted by atomic mass is 10.0. The molecule has 0 aliphatic carbocycles. The highest BCUT2D eigenvalue weighted by atomic mass is 32.1. The van der Waals surface area contributed by atoms with Gasteiger partial charge in [-0.2, -0.15) is 0 Å². The number of aromatic nitrogens is 3. The molecule has 0 spiro atoms. The third-order valence-corrected chi connectivity index (χ3v) is 7.12. The SMILES string of the molecule is COc1cc(OCc2cccc(CC(=O)c3cc(F)ccc3F)c2)c2cc(-c3cn4nc(OC)sc4n3)oc2c1. The number of rotatable bonds is 9. The van der Waals surface area contributed by atoms with Crippen molar-refractivity contribution in [3.63, 3.8) is 0 Å². The summed E-state index contributed by atoms with van der Waals surface area (Å²) < 4.78 is 52.0. The van der Waals surface area contributed by atoms with Crippen LogP contribution in [0.5, 0.6) is 16.7 Å². The molecule has 0 atom stereocenters. The molecule has 3 aromatic heterocycles. The number of nitrogens with zero attached hydrogens (tertiary/aromatic N) is 3. The molecule has 11 heteroatoms. The molecule has 0 radical (unpaired) electrons. The molecule has 0 amide bonds. The monoisotopic (exact) mass is 561 g/mol. The molecule has 0 aliphatic rings. The van der Waals surface area contributed by atoms with Gasteiger partial charge in [-0.15, -0.1) is 5.10 Å². The van der Waals surface area contributed by atoms with Gasteiger partial charge in [0.25, 0.3) is 5.19 Å². The number of furan rings is 1. The maximum Gasteiger partial charge on any atom is 0.294 e. The molecule has 0 saturated carbocycles. The topological polar surface area (TPSA) is 88.1 Å². The Hall–Kier alpha value is -4.77. The number of hydrogen-bond acceptors (Lipinski definition) is 8. The fraction of sp³-hybridized carbons (Fsp3) is 0.138. The molecule has 0 unspecified atom stereocenters. The van der Waals surface area contributed by atoms with Gasteiger partial charge in [0.05, 0.1) is 31.4 Å². The van der Waals surface area contributed by atoms with Gasteiger partial charge in [0.1, 0.15) is 41.0 Å². The van der Waals surface area contributed by atoms with Crippen molar-refractivity contribution in [1.29, 1.82) is 0 Å². The summed E-state index contributed by atoms with van der Waals surface area (Å²) >= 11 is 1.32. The second-order valence-corrected chi connectivity index (χ2v) is 9.82. The van der Waals surface area contributed by atoms with Crippen molar-refractivity contribution in [2.24, 2.45) is 0 Å². The highest BCUT2D eigenvalue weighted by molar-refractivity contribution is 7.18. The van der Waals surface area contributed by atoms with Gasteiger partial charge >= 0.3 is 0 Å². The fourth-order valence-corrected chi connectivity index (χ4v) is 5.01. The quantitative estimate of drug-likeness (QED) is 0.186. The number of ketones is 1. The number of carbonyl (C=O) groups excluding carboxylic acids is 1. The average molecular weight is 562 g/mol. The Morgan fingerprint density at radius 2 is 1.88 bits per heavy atom. The summed E-state index contributed by atoms with van der Waals surface area (Å²) in [7, 11) is 3.11. The van der Waals surface area contributed by atoms with Gasteiger partial charge in [0.15, 0.2) is 11.5 Å². The number of benzene rings is 3. The molecule has 6 aromatic rings. The van der Waals surface area contributed by atoms with Crippen LogP contribution in [0.3, 0.4) is 0 Å². The Labute approximate surface area is 230 Å². The summed E-state index contributed by atoms with van der Waals surface area (Å²) in [6.45, 7) is 0.184. The van der Waals surface area contributed by atoms with Crippen LogP contribution in [0.2, 0.25) is 0 Å². The van der Waals surface area contributed by atoms with E-state index < -0.39 is 17.4 Å². The number of methoxy groups -OCH3 is 2. The first-order valence-electron chi connectivity index (χ1n) is 12.1. The van der Waals surface area contributed by atoms with E-state index in [0.717, 1.165) is 29.1 Å². The Balaban J connectivity index is 1.23. The van der Waals surface area contributed by atoms with Gasteiger partial charge in [-0.05, 0) is 46.7 Å². The zero-order valence-corrected chi connectivity index (χ0v) is 22.1. The molecule has 8 nitrogen and oxygen atoms in total. The fourth-order valence-electron chi connectivity index (χ4n) is 4.31. The number of Topliss-reactive ketones (excluding diaryl/α,β-unsaturated/α-hetero) is 1. The minimum Gasteiger partial charge on any atom is -0.496 e. The van der Waals surface area contributed by atoms with Crippen LogP contribution >= 0.6 is 11.3 Å². The summed E-state index contributed by atoms with van der Waals surface area (Å²) in [5, 5.41) is 5.53. The van der Waals surface area contributed by atoms with Gasteiger partial charge in [0.2, 0.25) is 4.96 Å². The minimum atomic E-state index is -0.751.